The third kappa shape index (κ3) is 3.24. The highest BCUT2D eigenvalue weighted by molar-refractivity contribution is 6.18. The van der Waals surface area contributed by atoms with Crippen LogP contribution in [0.5, 0.6) is 5.75 Å². The molecule has 0 unspecified atom stereocenters. The second-order valence-electron chi connectivity index (χ2n) is 4.14. The number of benzene rings is 1. The molecule has 0 radical (unpaired) electrons. The predicted molar refractivity (Wildman–Crippen MR) is 61.5 cm³/mol. The number of rotatable bonds is 3. The van der Waals surface area contributed by atoms with Crippen LogP contribution in [0.1, 0.15) is 26.3 Å². The minimum Gasteiger partial charge on any atom is -0.427 e. The fourth-order valence-corrected chi connectivity index (χ4v) is 1.37. The van der Waals surface area contributed by atoms with Crippen molar-refractivity contribution in [3.63, 3.8) is 0 Å². The van der Waals surface area contributed by atoms with Crippen LogP contribution < -0.4 is 4.74 Å². The molecule has 1 aromatic rings. The van der Waals surface area contributed by atoms with E-state index in [-0.39, 0.29) is 11.4 Å². The topological polar surface area (TPSA) is 26.3 Å². The number of carbonyl (C=O) groups excluding carboxylic acids is 1. The summed E-state index contributed by atoms with van der Waals surface area (Å²) in [4.78, 5) is 10.7. The lowest BCUT2D eigenvalue weighted by Crippen LogP contribution is -2.18. The molecule has 2 nitrogen and oxygen atoms in total. The molecule has 0 fully saturated rings. The molecule has 82 valence electrons. The summed E-state index contributed by atoms with van der Waals surface area (Å²) < 4.78 is 4.94. The summed E-state index contributed by atoms with van der Waals surface area (Å²) >= 11 is 5.87. The molecule has 0 aliphatic rings. The minimum atomic E-state index is -0.306. The number of hydrogen-bond acceptors (Lipinski definition) is 2. The molecule has 0 aliphatic carbocycles. The maximum atomic E-state index is 10.7. The van der Waals surface area contributed by atoms with Crippen molar-refractivity contribution >= 4 is 17.6 Å². The van der Waals surface area contributed by atoms with Gasteiger partial charge in [0.25, 0.3) is 0 Å². The average Bonchev–Trinajstić information content (AvgIpc) is 2.18. The Balaban J connectivity index is 2.85. The number of carbonyl (C=O) groups is 1. The van der Waals surface area contributed by atoms with E-state index >= 15 is 0 Å². The van der Waals surface area contributed by atoms with Crippen molar-refractivity contribution in [3.8, 4) is 5.75 Å². The number of ether oxygens (including phenoxy) is 1. The summed E-state index contributed by atoms with van der Waals surface area (Å²) in [5.41, 5.74) is 1.07. The fraction of sp³-hybridized carbons (Fsp3) is 0.417. The highest BCUT2D eigenvalue weighted by Crippen LogP contribution is 2.26. The third-order valence-electron chi connectivity index (χ3n) is 2.23. The summed E-state index contributed by atoms with van der Waals surface area (Å²) in [7, 11) is 0. The molecular weight excluding hydrogens is 212 g/mol. The van der Waals surface area contributed by atoms with E-state index in [0.717, 1.165) is 5.56 Å². The summed E-state index contributed by atoms with van der Waals surface area (Å²) in [5.74, 6) is 0.816. The lowest BCUT2D eigenvalue weighted by Gasteiger charge is -2.21. The number of alkyl halides is 1. The Labute approximate surface area is 95.2 Å². The van der Waals surface area contributed by atoms with Crippen molar-refractivity contribution in [1.82, 2.24) is 0 Å². The molecule has 0 saturated heterocycles. The van der Waals surface area contributed by atoms with Gasteiger partial charge in [-0.25, -0.2) is 0 Å². The van der Waals surface area contributed by atoms with Gasteiger partial charge >= 0.3 is 5.97 Å². The normalized spacial score (nSPS) is 11.2. The summed E-state index contributed by atoms with van der Waals surface area (Å²) in [6.07, 6.45) is 0. The van der Waals surface area contributed by atoms with Crippen LogP contribution in [0.15, 0.2) is 24.3 Å². The van der Waals surface area contributed by atoms with Gasteiger partial charge in [-0.15, -0.1) is 11.6 Å². The summed E-state index contributed by atoms with van der Waals surface area (Å²) in [6, 6.07) is 7.43. The Kier molecular flexibility index (Phi) is 3.75. The van der Waals surface area contributed by atoms with Crippen LogP contribution in [0.3, 0.4) is 0 Å². The van der Waals surface area contributed by atoms with Crippen molar-refractivity contribution in [3.05, 3.63) is 29.8 Å². The van der Waals surface area contributed by atoms with Gasteiger partial charge in [0.1, 0.15) is 5.75 Å². The molecule has 0 N–H and O–H groups in total. The number of halogens is 1. The Hall–Kier alpha value is -1.02. The predicted octanol–water partition coefficient (Wildman–Crippen LogP) is 3.13. The number of hydrogen-bond donors (Lipinski definition) is 0. The largest absolute Gasteiger partial charge is 0.427 e. The van der Waals surface area contributed by atoms with Gasteiger partial charge < -0.3 is 4.74 Å². The third-order valence-corrected chi connectivity index (χ3v) is 2.90. The van der Waals surface area contributed by atoms with Crippen LogP contribution in [0.25, 0.3) is 0 Å². The molecule has 0 aliphatic heterocycles. The molecule has 0 atom stereocenters. The van der Waals surface area contributed by atoms with Crippen LogP contribution >= 0.6 is 11.6 Å². The first-order valence-corrected chi connectivity index (χ1v) is 5.34. The van der Waals surface area contributed by atoms with Gasteiger partial charge in [0, 0.05) is 18.2 Å². The van der Waals surface area contributed by atoms with Crippen LogP contribution in [-0.2, 0) is 10.2 Å². The Morgan fingerprint density at radius 2 is 1.87 bits per heavy atom. The van der Waals surface area contributed by atoms with Crippen LogP contribution in [0, 0.1) is 0 Å². The maximum absolute atomic E-state index is 10.7. The standard InChI is InChI=1S/C12H15ClO2/c1-9(14)15-11-6-4-10(5-7-11)12(2,3)8-13/h4-7H,8H2,1-3H3. The lowest BCUT2D eigenvalue weighted by molar-refractivity contribution is -0.131. The highest BCUT2D eigenvalue weighted by atomic mass is 35.5. The average molecular weight is 227 g/mol. The Morgan fingerprint density at radius 3 is 2.27 bits per heavy atom. The minimum absolute atomic E-state index is 0.0592. The molecule has 1 rings (SSSR count). The summed E-state index contributed by atoms with van der Waals surface area (Å²) in [5, 5.41) is 0. The van der Waals surface area contributed by atoms with Crippen molar-refractivity contribution in [1.29, 1.82) is 0 Å². The van der Waals surface area contributed by atoms with E-state index in [0.29, 0.717) is 11.6 Å². The van der Waals surface area contributed by atoms with Crippen molar-refractivity contribution < 1.29 is 9.53 Å². The van der Waals surface area contributed by atoms with E-state index in [1.54, 1.807) is 12.1 Å². The highest BCUT2D eigenvalue weighted by Gasteiger charge is 2.18. The Morgan fingerprint density at radius 1 is 1.33 bits per heavy atom. The molecule has 0 amide bonds. The molecule has 15 heavy (non-hydrogen) atoms. The quantitative estimate of drug-likeness (QED) is 0.450. The van der Waals surface area contributed by atoms with Crippen molar-refractivity contribution in [2.24, 2.45) is 0 Å². The zero-order valence-corrected chi connectivity index (χ0v) is 9.97. The summed E-state index contributed by atoms with van der Waals surface area (Å²) in [6.45, 7) is 5.53. The molecule has 0 bridgehead atoms. The van der Waals surface area contributed by atoms with E-state index in [1.165, 1.54) is 6.92 Å². The van der Waals surface area contributed by atoms with Crippen LogP contribution in [-0.4, -0.2) is 11.8 Å². The molecule has 0 saturated carbocycles. The first-order chi connectivity index (χ1) is 6.95. The smallest absolute Gasteiger partial charge is 0.308 e. The SMILES string of the molecule is CC(=O)Oc1ccc(C(C)(C)CCl)cc1. The molecule has 0 heterocycles. The molecule has 0 spiro atoms. The zero-order valence-electron chi connectivity index (χ0n) is 9.21. The van der Waals surface area contributed by atoms with E-state index in [9.17, 15) is 4.79 Å². The molecule has 3 heteroatoms. The van der Waals surface area contributed by atoms with Crippen molar-refractivity contribution in [2.45, 2.75) is 26.2 Å². The van der Waals surface area contributed by atoms with Gasteiger partial charge in [0.15, 0.2) is 0 Å². The molecule has 1 aromatic carbocycles. The van der Waals surface area contributed by atoms with Gasteiger partial charge in [-0.1, -0.05) is 26.0 Å². The van der Waals surface area contributed by atoms with Gasteiger partial charge in [-0.3, -0.25) is 4.79 Å². The first-order valence-electron chi connectivity index (χ1n) is 4.80. The van der Waals surface area contributed by atoms with Gasteiger partial charge in [0.2, 0.25) is 0 Å². The van der Waals surface area contributed by atoms with Crippen LogP contribution in [0.2, 0.25) is 0 Å². The maximum Gasteiger partial charge on any atom is 0.308 e. The molecule has 0 aromatic heterocycles. The van der Waals surface area contributed by atoms with E-state index in [1.807, 2.05) is 12.1 Å². The molecular formula is C12H15ClO2. The van der Waals surface area contributed by atoms with Crippen LogP contribution in [0.4, 0.5) is 0 Å². The Bertz CT molecular complexity index is 341. The first kappa shape index (κ1) is 12.1. The second-order valence-corrected chi connectivity index (χ2v) is 4.40. The second kappa shape index (κ2) is 4.67. The monoisotopic (exact) mass is 226 g/mol. The van der Waals surface area contributed by atoms with Gasteiger partial charge in [0.05, 0.1) is 0 Å². The van der Waals surface area contributed by atoms with E-state index < -0.39 is 0 Å². The lowest BCUT2D eigenvalue weighted by atomic mass is 9.87. The fourth-order valence-electron chi connectivity index (χ4n) is 1.22. The van der Waals surface area contributed by atoms with E-state index in [4.69, 9.17) is 16.3 Å². The van der Waals surface area contributed by atoms with Crippen molar-refractivity contribution in [2.75, 3.05) is 5.88 Å². The van der Waals surface area contributed by atoms with E-state index in [2.05, 4.69) is 13.8 Å². The van der Waals surface area contributed by atoms with Gasteiger partial charge in [-0.05, 0) is 17.7 Å². The zero-order chi connectivity index (χ0) is 11.5. The van der Waals surface area contributed by atoms with Gasteiger partial charge in [-0.2, -0.15) is 0 Å². The number of esters is 1.